The summed E-state index contributed by atoms with van der Waals surface area (Å²) in [5, 5.41) is 2.14. The van der Waals surface area contributed by atoms with Crippen LogP contribution >= 0.6 is 11.8 Å². The Hall–Kier alpha value is -1.87. The van der Waals surface area contributed by atoms with Crippen LogP contribution in [0.5, 0.6) is 0 Å². The van der Waals surface area contributed by atoms with Crippen LogP contribution in [-0.2, 0) is 0 Å². The normalized spacial score (nSPS) is 17.8. The summed E-state index contributed by atoms with van der Waals surface area (Å²) in [6, 6.07) is 17.9. The third-order valence-electron chi connectivity index (χ3n) is 5.06. The van der Waals surface area contributed by atoms with Crippen molar-refractivity contribution in [2.75, 3.05) is 18.0 Å². The Bertz CT molecular complexity index is 839. The van der Waals surface area contributed by atoms with Crippen molar-refractivity contribution in [3.8, 4) is 11.3 Å². The SMILES string of the molecule is c1ccc2[nH]c(-c3cc(SC4CC4)ccc3N3CCCC3)cc2c1. The van der Waals surface area contributed by atoms with Crippen LogP contribution in [-0.4, -0.2) is 23.3 Å². The van der Waals surface area contributed by atoms with E-state index in [0.29, 0.717) is 0 Å². The highest BCUT2D eigenvalue weighted by Gasteiger charge is 2.24. The number of thioether (sulfide) groups is 1. The molecule has 2 aliphatic rings. The number of aromatic nitrogens is 1. The number of H-pyrrole nitrogens is 1. The average molecular weight is 334 g/mol. The van der Waals surface area contributed by atoms with Crippen molar-refractivity contribution < 1.29 is 0 Å². The van der Waals surface area contributed by atoms with E-state index in [0.717, 1.165) is 5.25 Å². The molecule has 1 aromatic heterocycles. The molecular weight excluding hydrogens is 312 g/mol. The van der Waals surface area contributed by atoms with Crippen molar-refractivity contribution in [3.63, 3.8) is 0 Å². The standard InChI is InChI=1S/C21H22N2S/c1-2-6-19-15(5-1)13-20(22-19)18-14-17(24-16-7-8-16)9-10-21(18)23-11-3-4-12-23/h1-2,5-6,9-10,13-14,16,22H,3-4,7-8,11-12H2. The molecule has 1 N–H and O–H groups in total. The first-order chi connectivity index (χ1) is 11.9. The Morgan fingerprint density at radius 3 is 2.58 bits per heavy atom. The molecule has 1 aliphatic heterocycles. The van der Waals surface area contributed by atoms with E-state index in [9.17, 15) is 0 Å². The molecule has 0 amide bonds. The zero-order chi connectivity index (χ0) is 15.9. The Balaban J connectivity index is 1.61. The lowest BCUT2D eigenvalue weighted by Crippen LogP contribution is -2.18. The molecule has 122 valence electrons. The number of fused-ring (bicyclic) bond motifs is 1. The zero-order valence-corrected chi connectivity index (χ0v) is 14.6. The summed E-state index contributed by atoms with van der Waals surface area (Å²) in [6.45, 7) is 2.37. The van der Waals surface area contributed by atoms with Gasteiger partial charge in [-0.1, -0.05) is 18.2 Å². The van der Waals surface area contributed by atoms with Gasteiger partial charge in [-0.05, 0) is 56.0 Å². The molecule has 0 spiro atoms. The van der Waals surface area contributed by atoms with Crippen molar-refractivity contribution in [2.45, 2.75) is 35.8 Å². The van der Waals surface area contributed by atoms with Gasteiger partial charge in [-0.2, -0.15) is 0 Å². The Morgan fingerprint density at radius 2 is 1.79 bits per heavy atom. The molecule has 0 bridgehead atoms. The van der Waals surface area contributed by atoms with E-state index in [1.54, 1.807) is 0 Å². The lowest BCUT2D eigenvalue weighted by molar-refractivity contribution is 0.949. The summed E-state index contributed by atoms with van der Waals surface area (Å²) in [7, 11) is 0. The van der Waals surface area contributed by atoms with Gasteiger partial charge in [0.25, 0.3) is 0 Å². The maximum Gasteiger partial charge on any atom is 0.0486 e. The first kappa shape index (κ1) is 14.5. The molecule has 1 aliphatic carbocycles. The monoisotopic (exact) mass is 334 g/mol. The average Bonchev–Trinajstić information content (AvgIpc) is 3.12. The minimum absolute atomic E-state index is 0.846. The molecule has 2 heterocycles. The fraction of sp³-hybridized carbons (Fsp3) is 0.333. The predicted octanol–water partition coefficient (Wildman–Crippen LogP) is 5.69. The minimum atomic E-state index is 0.846. The van der Waals surface area contributed by atoms with Gasteiger partial charge >= 0.3 is 0 Å². The first-order valence-electron chi connectivity index (χ1n) is 9.01. The van der Waals surface area contributed by atoms with Crippen LogP contribution in [0.15, 0.2) is 53.4 Å². The summed E-state index contributed by atoms with van der Waals surface area (Å²) in [6.07, 6.45) is 5.37. The number of nitrogens with one attached hydrogen (secondary N) is 1. The lowest BCUT2D eigenvalue weighted by atomic mass is 10.1. The van der Waals surface area contributed by atoms with Gasteiger partial charge in [0.15, 0.2) is 0 Å². The Labute approximate surface area is 147 Å². The minimum Gasteiger partial charge on any atom is -0.371 e. The van der Waals surface area contributed by atoms with Crippen LogP contribution in [0.3, 0.4) is 0 Å². The van der Waals surface area contributed by atoms with Gasteiger partial charge in [0.2, 0.25) is 0 Å². The van der Waals surface area contributed by atoms with Crippen molar-refractivity contribution in [3.05, 3.63) is 48.5 Å². The molecule has 24 heavy (non-hydrogen) atoms. The smallest absolute Gasteiger partial charge is 0.0486 e. The summed E-state index contributed by atoms with van der Waals surface area (Å²) >= 11 is 2.04. The molecule has 2 fully saturated rings. The fourth-order valence-electron chi connectivity index (χ4n) is 3.63. The van der Waals surface area contributed by atoms with Crippen LogP contribution < -0.4 is 4.90 Å². The second-order valence-corrected chi connectivity index (χ2v) is 8.33. The van der Waals surface area contributed by atoms with E-state index in [1.807, 2.05) is 11.8 Å². The van der Waals surface area contributed by atoms with E-state index in [2.05, 4.69) is 58.4 Å². The van der Waals surface area contributed by atoms with Gasteiger partial charge in [-0.3, -0.25) is 0 Å². The van der Waals surface area contributed by atoms with Crippen molar-refractivity contribution in [2.24, 2.45) is 0 Å². The lowest BCUT2D eigenvalue weighted by Gasteiger charge is -2.21. The van der Waals surface area contributed by atoms with E-state index in [1.165, 1.54) is 71.5 Å². The number of hydrogen-bond acceptors (Lipinski definition) is 2. The number of benzene rings is 2. The molecule has 2 aromatic carbocycles. The number of nitrogens with zero attached hydrogens (tertiary/aromatic N) is 1. The first-order valence-corrected chi connectivity index (χ1v) is 9.88. The van der Waals surface area contributed by atoms with Gasteiger partial charge in [0, 0.05) is 51.1 Å². The summed E-state index contributed by atoms with van der Waals surface area (Å²) in [4.78, 5) is 7.60. The van der Waals surface area contributed by atoms with Gasteiger partial charge < -0.3 is 9.88 Å². The highest BCUT2D eigenvalue weighted by atomic mass is 32.2. The maximum absolute atomic E-state index is 3.64. The molecule has 1 saturated heterocycles. The van der Waals surface area contributed by atoms with E-state index in [4.69, 9.17) is 0 Å². The summed E-state index contributed by atoms with van der Waals surface area (Å²) < 4.78 is 0. The number of anilines is 1. The maximum atomic E-state index is 3.64. The molecule has 0 radical (unpaired) electrons. The zero-order valence-electron chi connectivity index (χ0n) is 13.8. The number of aromatic amines is 1. The molecular formula is C21H22N2S. The van der Waals surface area contributed by atoms with E-state index in [-0.39, 0.29) is 0 Å². The highest BCUT2D eigenvalue weighted by Crippen LogP contribution is 2.42. The van der Waals surface area contributed by atoms with Gasteiger partial charge in [-0.25, -0.2) is 0 Å². The summed E-state index contributed by atoms with van der Waals surface area (Å²) in [5.74, 6) is 0. The van der Waals surface area contributed by atoms with E-state index < -0.39 is 0 Å². The van der Waals surface area contributed by atoms with Crippen LogP contribution in [0.2, 0.25) is 0 Å². The Kier molecular flexibility index (Phi) is 3.55. The van der Waals surface area contributed by atoms with E-state index >= 15 is 0 Å². The third-order valence-corrected chi connectivity index (χ3v) is 6.39. The molecule has 0 unspecified atom stereocenters. The van der Waals surface area contributed by atoms with Crippen LogP contribution in [0, 0.1) is 0 Å². The molecule has 5 rings (SSSR count). The molecule has 1 saturated carbocycles. The van der Waals surface area contributed by atoms with Crippen LogP contribution in [0.1, 0.15) is 25.7 Å². The molecule has 3 heteroatoms. The molecule has 0 atom stereocenters. The molecule has 2 nitrogen and oxygen atoms in total. The van der Waals surface area contributed by atoms with Crippen LogP contribution in [0.25, 0.3) is 22.2 Å². The molecule has 3 aromatic rings. The topological polar surface area (TPSA) is 19.0 Å². The number of para-hydroxylation sites is 1. The fourth-order valence-corrected chi connectivity index (χ4v) is 4.72. The van der Waals surface area contributed by atoms with Crippen molar-refractivity contribution >= 4 is 28.4 Å². The van der Waals surface area contributed by atoms with Gasteiger partial charge in [0.1, 0.15) is 0 Å². The third kappa shape index (κ3) is 2.71. The number of rotatable bonds is 4. The van der Waals surface area contributed by atoms with Crippen LogP contribution in [0.4, 0.5) is 5.69 Å². The van der Waals surface area contributed by atoms with Crippen molar-refractivity contribution in [1.29, 1.82) is 0 Å². The quantitative estimate of drug-likeness (QED) is 0.661. The summed E-state index contributed by atoms with van der Waals surface area (Å²) in [5.41, 5.74) is 5.22. The Morgan fingerprint density at radius 1 is 0.958 bits per heavy atom. The van der Waals surface area contributed by atoms with Gasteiger partial charge in [-0.15, -0.1) is 11.8 Å². The van der Waals surface area contributed by atoms with Crippen molar-refractivity contribution in [1.82, 2.24) is 4.98 Å². The highest BCUT2D eigenvalue weighted by molar-refractivity contribution is 8.00. The second kappa shape index (κ2) is 5.89. The van der Waals surface area contributed by atoms with Gasteiger partial charge in [0.05, 0.1) is 0 Å². The second-order valence-electron chi connectivity index (χ2n) is 6.96. The predicted molar refractivity (Wildman–Crippen MR) is 104 cm³/mol. The largest absolute Gasteiger partial charge is 0.371 e. The number of hydrogen-bond donors (Lipinski definition) is 1.